The molecule has 0 amide bonds. The first kappa shape index (κ1) is 11.1. The van der Waals surface area contributed by atoms with Crippen LogP contribution in [-0.2, 0) is 0 Å². The molecular weight excluding hydrogens is 282 g/mol. The Balaban J connectivity index is 2.00. The smallest absolute Gasteiger partial charge is 0.337 e. The van der Waals surface area contributed by atoms with Gasteiger partial charge in [-0.25, -0.2) is 4.79 Å². The standard InChI is InChI=1S/C13H14BrNO2/c14-9-2-4-12(11(6-9)13(16)17)15-7-8-1-3-10(15)5-8/h2,4,6,8,10H,1,3,5,7H2,(H,16,17). The number of carbonyl (C=O) groups is 1. The molecule has 90 valence electrons. The number of rotatable bonds is 2. The number of piperidine rings is 1. The third-order valence-electron chi connectivity index (χ3n) is 3.91. The second-order valence-corrected chi connectivity index (χ2v) is 5.87. The summed E-state index contributed by atoms with van der Waals surface area (Å²) in [5.41, 5.74) is 1.29. The van der Waals surface area contributed by atoms with Gasteiger partial charge in [0.25, 0.3) is 0 Å². The summed E-state index contributed by atoms with van der Waals surface area (Å²) in [7, 11) is 0. The molecule has 1 N–H and O–H groups in total. The van der Waals surface area contributed by atoms with Crippen LogP contribution in [0.2, 0.25) is 0 Å². The maximum atomic E-state index is 11.3. The summed E-state index contributed by atoms with van der Waals surface area (Å²) in [6, 6.07) is 6.10. The van der Waals surface area contributed by atoms with Gasteiger partial charge in [-0.2, -0.15) is 0 Å². The van der Waals surface area contributed by atoms with Crippen LogP contribution in [0.4, 0.5) is 5.69 Å². The predicted molar refractivity (Wildman–Crippen MR) is 69.6 cm³/mol. The minimum atomic E-state index is -0.843. The van der Waals surface area contributed by atoms with Gasteiger partial charge in [0.15, 0.2) is 0 Å². The first-order valence-electron chi connectivity index (χ1n) is 5.94. The maximum absolute atomic E-state index is 11.3. The molecule has 3 nitrogen and oxygen atoms in total. The minimum absolute atomic E-state index is 0.409. The lowest BCUT2D eigenvalue weighted by Gasteiger charge is -2.30. The van der Waals surface area contributed by atoms with Gasteiger partial charge in [-0.15, -0.1) is 0 Å². The predicted octanol–water partition coefficient (Wildman–Crippen LogP) is 3.14. The number of anilines is 1. The van der Waals surface area contributed by atoms with E-state index in [-0.39, 0.29) is 0 Å². The number of hydrogen-bond donors (Lipinski definition) is 1. The Bertz CT molecular complexity index is 474. The topological polar surface area (TPSA) is 40.5 Å². The van der Waals surface area contributed by atoms with Crippen LogP contribution in [0.1, 0.15) is 29.6 Å². The van der Waals surface area contributed by atoms with Crippen molar-refractivity contribution < 1.29 is 9.90 Å². The van der Waals surface area contributed by atoms with E-state index in [0.29, 0.717) is 11.6 Å². The molecule has 0 aromatic heterocycles. The zero-order chi connectivity index (χ0) is 12.0. The molecule has 17 heavy (non-hydrogen) atoms. The summed E-state index contributed by atoms with van der Waals surface area (Å²) in [5, 5.41) is 9.27. The molecule has 1 aliphatic carbocycles. The van der Waals surface area contributed by atoms with Crippen molar-refractivity contribution in [2.24, 2.45) is 5.92 Å². The SMILES string of the molecule is O=C(O)c1cc(Br)ccc1N1CC2CCC1C2. The molecule has 1 aromatic carbocycles. The summed E-state index contributed by atoms with van der Waals surface area (Å²) in [5.74, 6) is -0.0747. The Morgan fingerprint density at radius 2 is 2.24 bits per heavy atom. The zero-order valence-electron chi connectivity index (χ0n) is 9.40. The average molecular weight is 296 g/mol. The Labute approximate surface area is 109 Å². The molecule has 1 saturated heterocycles. The highest BCUT2D eigenvalue weighted by Gasteiger charge is 2.38. The van der Waals surface area contributed by atoms with Crippen molar-refractivity contribution in [3.8, 4) is 0 Å². The van der Waals surface area contributed by atoms with E-state index in [1.54, 1.807) is 6.07 Å². The molecule has 4 heteroatoms. The molecule has 3 rings (SSSR count). The van der Waals surface area contributed by atoms with Crippen LogP contribution in [0, 0.1) is 5.92 Å². The monoisotopic (exact) mass is 295 g/mol. The molecular formula is C13H14BrNO2. The lowest BCUT2D eigenvalue weighted by Crippen LogP contribution is -2.33. The number of benzene rings is 1. The Kier molecular flexibility index (Phi) is 2.62. The van der Waals surface area contributed by atoms with Gasteiger partial charge in [0.1, 0.15) is 0 Å². The summed E-state index contributed by atoms with van der Waals surface area (Å²) in [4.78, 5) is 13.6. The molecule has 1 aliphatic heterocycles. The fraction of sp³-hybridized carbons (Fsp3) is 0.462. The number of carboxylic acid groups (broad SMARTS) is 1. The van der Waals surface area contributed by atoms with Gasteiger partial charge in [0.2, 0.25) is 0 Å². The third kappa shape index (κ3) is 1.84. The number of nitrogens with zero attached hydrogens (tertiary/aromatic N) is 1. The van der Waals surface area contributed by atoms with Gasteiger partial charge in [-0.1, -0.05) is 15.9 Å². The van der Waals surface area contributed by atoms with Crippen molar-refractivity contribution in [1.82, 2.24) is 0 Å². The molecule has 1 heterocycles. The van der Waals surface area contributed by atoms with Gasteiger partial charge in [-0.05, 0) is 43.4 Å². The number of hydrogen-bond acceptors (Lipinski definition) is 2. The van der Waals surface area contributed by atoms with Crippen molar-refractivity contribution in [2.45, 2.75) is 25.3 Å². The van der Waals surface area contributed by atoms with Crippen molar-refractivity contribution in [3.63, 3.8) is 0 Å². The molecule has 1 aromatic rings. The number of halogens is 1. The van der Waals surface area contributed by atoms with E-state index in [0.717, 1.165) is 22.6 Å². The van der Waals surface area contributed by atoms with Crippen LogP contribution in [0.15, 0.2) is 22.7 Å². The lowest BCUT2D eigenvalue weighted by molar-refractivity contribution is 0.0697. The molecule has 2 bridgehead atoms. The van der Waals surface area contributed by atoms with E-state index in [2.05, 4.69) is 20.8 Å². The van der Waals surface area contributed by atoms with E-state index in [1.807, 2.05) is 12.1 Å². The molecule has 2 atom stereocenters. The minimum Gasteiger partial charge on any atom is -0.478 e. The molecule has 2 unspecified atom stereocenters. The first-order chi connectivity index (χ1) is 8.15. The van der Waals surface area contributed by atoms with Gasteiger partial charge in [0.05, 0.1) is 11.3 Å². The van der Waals surface area contributed by atoms with E-state index < -0.39 is 5.97 Å². The van der Waals surface area contributed by atoms with Crippen LogP contribution in [0.5, 0.6) is 0 Å². The second kappa shape index (κ2) is 4.02. The quantitative estimate of drug-likeness (QED) is 0.911. The van der Waals surface area contributed by atoms with E-state index in [1.165, 1.54) is 19.3 Å². The van der Waals surface area contributed by atoms with Crippen LogP contribution >= 0.6 is 15.9 Å². The van der Waals surface area contributed by atoms with Gasteiger partial charge in [0, 0.05) is 17.1 Å². The van der Waals surface area contributed by atoms with Crippen molar-refractivity contribution in [2.75, 3.05) is 11.4 Å². The van der Waals surface area contributed by atoms with Crippen molar-refractivity contribution >= 4 is 27.6 Å². The fourth-order valence-corrected chi connectivity index (χ4v) is 3.51. The normalized spacial score (nSPS) is 26.5. The molecule has 0 spiro atoms. The van der Waals surface area contributed by atoms with Gasteiger partial charge >= 0.3 is 5.97 Å². The maximum Gasteiger partial charge on any atom is 0.337 e. The molecule has 0 radical (unpaired) electrons. The van der Waals surface area contributed by atoms with Crippen LogP contribution in [-0.4, -0.2) is 23.7 Å². The molecule has 2 aliphatic rings. The van der Waals surface area contributed by atoms with Gasteiger partial charge < -0.3 is 10.0 Å². The van der Waals surface area contributed by atoms with Crippen molar-refractivity contribution in [3.05, 3.63) is 28.2 Å². The Hall–Kier alpha value is -1.03. The van der Waals surface area contributed by atoms with Crippen LogP contribution in [0.25, 0.3) is 0 Å². The summed E-state index contributed by atoms with van der Waals surface area (Å²) >= 11 is 3.33. The second-order valence-electron chi connectivity index (χ2n) is 4.95. The largest absolute Gasteiger partial charge is 0.478 e. The van der Waals surface area contributed by atoms with Crippen molar-refractivity contribution in [1.29, 1.82) is 0 Å². The summed E-state index contributed by atoms with van der Waals surface area (Å²) in [6.07, 6.45) is 3.75. The van der Waals surface area contributed by atoms with E-state index in [9.17, 15) is 9.90 Å². The average Bonchev–Trinajstić information content (AvgIpc) is 2.90. The third-order valence-corrected chi connectivity index (χ3v) is 4.40. The first-order valence-corrected chi connectivity index (χ1v) is 6.74. The van der Waals surface area contributed by atoms with E-state index >= 15 is 0 Å². The van der Waals surface area contributed by atoms with Gasteiger partial charge in [-0.3, -0.25) is 0 Å². The fourth-order valence-electron chi connectivity index (χ4n) is 3.15. The highest BCUT2D eigenvalue weighted by atomic mass is 79.9. The summed E-state index contributed by atoms with van der Waals surface area (Å²) < 4.78 is 0.822. The lowest BCUT2D eigenvalue weighted by atomic mass is 10.1. The number of carboxylic acids is 1. The molecule has 1 saturated carbocycles. The highest BCUT2D eigenvalue weighted by molar-refractivity contribution is 9.10. The zero-order valence-corrected chi connectivity index (χ0v) is 11.0. The Morgan fingerprint density at radius 3 is 2.82 bits per heavy atom. The van der Waals surface area contributed by atoms with Crippen LogP contribution in [0.3, 0.4) is 0 Å². The van der Waals surface area contributed by atoms with E-state index in [4.69, 9.17) is 0 Å². The Morgan fingerprint density at radius 1 is 1.41 bits per heavy atom. The molecule has 2 fully saturated rings. The van der Waals surface area contributed by atoms with Crippen LogP contribution < -0.4 is 4.90 Å². The highest BCUT2D eigenvalue weighted by Crippen LogP contribution is 2.41. The number of aromatic carboxylic acids is 1. The summed E-state index contributed by atoms with van der Waals surface area (Å²) in [6.45, 7) is 1.02. The number of fused-ring (bicyclic) bond motifs is 2.